The fourth-order valence-electron chi connectivity index (χ4n) is 2.46. The van der Waals surface area contributed by atoms with Crippen LogP contribution in [-0.4, -0.2) is 17.4 Å². The summed E-state index contributed by atoms with van der Waals surface area (Å²) in [5.41, 5.74) is 2.01. The molecule has 0 aliphatic carbocycles. The first-order valence-electron chi connectivity index (χ1n) is 7.10. The molecule has 0 bridgehead atoms. The molecule has 0 fully saturated rings. The first kappa shape index (κ1) is 15.5. The van der Waals surface area contributed by atoms with E-state index in [1.54, 1.807) is 6.07 Å². The third-order valence-electron chi connectivity index (χ3n) is 3.67. The van der Waals surface area contributed by atoms with E-state index in [0.29, 0.717) is 5.69 Å². The number of fused-ring (bicyclic) bond motifs is 1. The van der Waals surface area contributed by atoms with Gasteiger partial charge in [0.15, 0.2) is 0 Å². The van der Waals surface area contributed by atoms with Crippen molar-refractivity contribution in [2.75, 3.05) is 11.9 Å². The van der Waals surface area contributed by atoms with E-state index in [9.17, 15) is 18.0 Å². The zero-order valence-electron chi connectivity index (χ0n) is 12.1. The number of pyridine rings is 1. The van der Waals surface area contributed by atoms with Crippen LogP contribution in [0, 0.1) is 0 Å². The Balaban J connectivity index is 1.74. The lowest BCUT2D eigenvalue weighted by Crippen LogP contribution is -2.23. The number of hydrogen-bond donors (Lipinski definition) is 2. The molecule has 0 radical (unpaired) electrons. The number of aromatic nitrogens is 1. The summed E-state index contributed by atoms with van der Waals surface area (Å²) in [6, 6.07) is 7.53. The first-order valence-corrected chi connectivity index (χ1v) is 7.10. The average Bonchev–Trinajstić information content (AvgIpc) is 2.54. The Morgan fingerprint density at radius 2 is 2.00 bits per heavy atom. The van der Waals surface area contributed by atoms with Crippen molar-refractivity contribution in [3.8, 4) is 0 Å². The second-order valence-electron chi connectivity index (χ2n) is 5.29. The van der Waals surface area contributed by atoms with E-state index in [0.717, 1.165) is 43.4 Å². The molecule has 1 aliphatic rings. The van der Waals surface area contributed by atoms with Gasteiger partial charge in [0.1, 0.15) is 5.69 Å². The van der Waals surface area contributed by atoms with Crippen LogP contribution < -0.4 is 10.6 Å². The molecule has 1 amide bonds. The maximum absolute atomic E-state index is 12.5. The summed E-state index contributed by atoms with van der Waals surface area (Å²) >= 11 is 0. The number of benzene rings is 1. The normalized spacial score (nSPS) is 14.2. The minimum absolute atomic E-state index is 0.0776. The summed E-state index contributed by atoms with van der Waals surface area (Å²) in [5.74, 6) is -0.491. The number of carbonyl (C=O) groups excluding carboxylic acids is 1. The van der Waals surface area contributed by atoms with Crippen LogP contribution in [0.3, 0.4) is 0 Å². The number of halogens is 3. The molecule has 0 spiro atoms. The van der Waals surface area contributed by atoms with Crippen molar-refractivity contribution in [2.24, 2.45) is 0 Å². The Morgan fingerprint density at radius 3 is 2.70 bits per heavy atom. The highest BCUT2D eigenvalue weighted by atomic mass is 19.4. The van der Waals surface area contributed by atoms with Gasteiger partial charge in [0, 0.05) is 18.4 Å². The van der Waals surface area contributed by atoms with Gasteiger partial charge >= 0.3 is 6.18 Å². The largest absolute Gasteiger partial charge is 0.433 e. The molecular weight excluding hydrogens is 307 g/mol. The monoisotopic (exact) mass is 321 g/mol. The number of nitrogens with one attached hydrogen (secondary N) is 2. The maximum atomic E-state index is 12.5. The molecular formula is C16H14F3N3O. The quantitative estimate of drug-likeness (QED) is 0.894. The molecule has 1 aromatic heterocycles. The fourth-order valence-corrected chi connectivity index (χ4v) is 2.46. The third kappa shape index (κ3) is 3.50. The molecule has 4 nitrogen and oxygen atoms in total. The number of hydrogen-bond acceptors (Lipinski definition) is 3. The van der Waals surface area contributed by atoms with Crippen LogP contribution in [0.25, 0.3) is 0 Å². The second kappa shape index (κ2) is 6.00. The maximum Gasteiger partial charge on any atom is 0.433 e. The summed E-state index contributed by atoms with van der Waals surface area (Å²) < 4.78 is 37.4. The molecule has 2 heterocycles. The summed E-state index contributed by atoms with van der Waals surface area (Å²) in [5, 5.41) is 5.92. The van der Waals surface area contributed by atoms with Gasteiger partial charge in [-0.2, -0.15) is 13.2 Å². The highest BCUT2D eigenvalue weighted by Gasteiger charge is 2.32. The predicted octanol–water partition coefficient (Wildman–Crippen LogP) is 3.00. The molecule has 1 aliphatic heterocycles. The summed E-state index contributed by atoms with van der Waals surface area (Å²) in [6.45, 7) is 1.66. The Kier molecular flexibility index (Phi) is 4.04. The molecule has 0 unspecified atom stereocenters. The Hall–Kier alpha value is -2.41. The van der Waals surface area contributed by atoms with Crippen LogP contribution in [-0.2, 0) is 19.1 Å². The Morgan fingerprint density at radius 1 is 1.17 bits per heavy atom. The molecule has 0 atom stereocenters. The molecule has 3 rings (SSSR count). The van der Waals surface area contributed by atoms with Gasteiger partial charge in [0.2, 0.25) is 0 Å². The molecule has 23 heavy (non-hydrogen) atoms. The van der Waals surface area contributed by atoms with Gasteiger partial charge in [-0.05, 0) is 48.4 Å². The standard InChI is InChI=1S/C16H14F3N3O/c17-16(18,19)14-4-2-11(9-21-14)15(23)22-13-3-1-10-5-6-20-8-12(10)7-13/h1-4,7,9,20H,5-6,8H2,(H,22,23). The number of carbonyl (C=O) groups is 1. The molecule has 120 valence electrons. The van der Waals surface area contributed by atoms with E-state index >= 15 is 0 Å². The average molecular weight is 321 g/mol. The van der Waals surface area contributed by atoms with Gasteiger partial charge in [-0.25, -0.2) is 0 Å². The minimum Gasteiger partial charge on any atom is -0.322 e. The van der Waals surface area contributed by atoms with Crippen LogP contribution in [0.4, 0.5) is 18.9 Å². The zero-order valence-corrected chi connectivity index (χ0v) is 12.1. The molecule has 0 saturated heterocycles. The van der Waals surface area contributed by atoms with E-state index < -0.39 is 17.8 Å². The lowest BCUT2D eigenvalue weighted by Gasteiger charge is -2.18. The SMILES string of the molecule is O=C(Nc1ccc2c(c1)CNCC2)c1ccc(C(F)(F)F)nc1. The highest BCUT2D eigenvalue weighted by Crippen LogP contribution is 2.27. The number of amides is 1. The lowest BCUT2D eigenvalue weighted by atomic mass is 10.0. The Labute approximate surface area is 130 Å². The fraction of sp³-hybridized carbons (Fsp3) is 0.250. The van der Waals surface area contributed by atoms with Crippen LogP contribution >= 0.6 is 0 Å². The summed E-state index contributed by atoms with van der Waals surface area (Å²) in [7, 11) is 0. The summed E-state index contributed by atoms with van der Waals surface area (Å²) in [4.78, 5) is 15.4. The van der Waals surface area contributed by atoms with Gasteiger partial charge in [-0.1, -0.05) is 6.07 Å². The third-order valence-corrected chi connectivity index (χ3v) is 3.67. The van der Waals surface area contributed by atoms with Crippen LogP contribution in [0.2, 0.25) is 0 Å². The van der Waals surface area contributed by atoms with Crippen molar-refractivity contribution in [1.82, 2.24) is 10.3 Å². The van der Waals surface area contributed by atoms with Gasteiger partial charge in [0.05, 0.1) is 5.56 Å². The smallest absolute Gasteiger partial charge is 0.322 e. The van der Waals surface area contributed by atoms with Crippen molar-refractivity contribution in [2.45, 2.75) is 19.1 Å². The highest BCUT2D eigenvalue weighted by molar-refractivity contribution is 6.04. The first-order chi connectivity index (χ1) is 10.9. The zero-order chi connectivity index (χ0) is 16.4. The van der Waals surface area contributed by atoms with E-state index in [-0.39, 0.29) is 5.56 Å². The minimum atomic E-state index is -4.51. The summed E-state index contributed by atoms with van der Waals surface area (Å²) in [6.07, 6.45) is -2.65. The predicted molar refractivity (Wildman–Crippen MR) is 79.0 cm³/mol. The van der Waals surface area contributed by atoms with Crippen molar-refractivity contribution < 1.29 is 18.0 Å². The van der Waals surface area contributed by atoms with Crippen LogP contribution in [0.1, 0.15) is 27.2 Å². The van der Waals surface area contributed by atoms with Gasteiger partial charge in [-0.15, -0.1) is 0 Å². The molecule has 2 aromatic rings. The van der Waals surface area contributed by atoms with Gasteiger partial charge in [-0.3, -0.25) is 9.78 Å². The van der Waals surface area contributed by atoms with E-state index in [1.807, 2.05) is 12.1 Å². The lowest BCUT2D eigenvalue weighted by molar-refractivity contribution is -0.141. The van der Waals surface area contributed by atoms with Crippen molar-refractivity contribution in [3.63, 3.8) is 0 Å². The van der Waals surface area contributed by atoms with E-state index in [4.69, 9.17) is 0 Å². The van der Waals surface area contributed by atoms with Crippen LogP contribution in [0.15, 0.2) is 36.5 Å². The second-order valence-corrected chi connectivity index (χ2v) is 5.29. The number of anilines is 1. The molecule has 0 saturated carbocycles. The molecule has 1 aromatic carbocycles. The van der Waals surface area contributed by atoms with Gasteiger partial charge in [0.25, 0.3) is 5.91 Å². The van der Waals surface area contributed by atoms with E-state index in [1.165, 1.54) is 5.56 Å². The van der Waals surface area contributed by atoms with Crippen molar-refractivity contribution in [3.05, 3.63) is 58.9 Å². The van der Waals surface area contributed by atoms with Gasteiger partial charge < -0.3 is 10.6 Å². The number of rotatable bonds is 2. The van der Waals surface area contributed by atoms with Crippen LogP contribution in [0.5, 0.6) is 0 Å². The molecule has 2 N–H and O–H groups in total. The van der Waals surface area contributed by atoms with E-state index in [2.05, 4.69) is 15.6 Å². The molecule has 7 heteroatoms. The topological polar surface area (TPSA) is 54.0 Å². The number of nitrogens with zero attached hydrogens (tertiary/aromatic N) is 1. The Bertz CT molecular complexity index is 726. The number of alkyl halides is 3. The van der Waals surface area contributed by atoms with Crippen molar-refractivity contribution >= 4 is 11.6 Å². The van der Waals surface area contributed by atoms with Crippen molar-refractivity contribution in [1.29, 1.82) is 0 Å².